The molecule has 6 heteroatoms. The third kappa shape index (κ3) is 2.97. The van der Waals surface area contributed by atoms with E-state index in [0.717, 1.165) is 43.0 Å². The number of halogens is 1. The van der Waals surface area contributed by atoms with E-state index in [2.05, 4.69) is 27.9 Å². The molecule has 0 fully saturated rings. The molecule has 3 heterocycles. The van der Waals surface area contributed by atoms with Gasteiger partial charge < -0.3 is 4.57 Å². The molecule has 0 amide bonds. The number of rotatable bonds is 3. The lowest BCUT2D eigenvalue weighted by atomic mass is 10.2. The van der Waals surface area contributed by atoms with Crippen LogP contribution in [0.25, 0.3) is 33.0 Å². The average Bonchev–Trinajstić information content (AvgIpc) is 3.42. The summed E-state index contributed by atoms with van der Waals surface area (Å²) in [5.74, 6) is 0. The van der Waals surface area contributed by atoms with Crippen molar-refractivity contribution in [2.45, 2.75) is 6.54 Å². The Labute approximate surface area is 186 Å². The van der Waals surface area contributed by atoms with Gasteiger partial charge in [0.1, 0.15) is 0 Å². The van der Waals surface area contributed by atoms with Gasteiger partial charge in [-0.3, -0.25) is 4.79 Å². The van der Waals surface area contributed by atoms with Crippen molar-refractivity contribution in [2.24, 2.45) is 0 Å². The van der Waals surface area contributed by atoms with Crippen LogP contribution in [0.1, 0.15) is 11.1 Å². The first-order chi connectivity index (χ1) is 15.2. The second-order valence-corrected chi connectivity index (χ2v) is 8.87. The zero-order valence-electron chi connectivity index (χ0n) is 16.3. The van der Waals surface area contributed by atoms with E-state index in [4.69, 9.17) is 11.6 Å². The number of thiazole rings is 1. The van der Waals surface area contributed by atoms with E-state index in [9.17, 15) is 4.79 Å². The Bertz CT molecular complexity index is 1710. The largest absolute Gasteiger partial charge is 0.342 e. The van der Waals surface area contributed by atoms with Crippen molar-refractivity contribution < 1.29 is 0 Å². The molecule has 3 aromatic carbocycles. The van der Waals surface area contributed by atoms with Crippen LogP contribution in [0.15, 0.2) is 83.8 Å². The van der Waals surface area contributed by atoms with Crippen LogP contribution in [0.3, 0.4) is 0 Å². The molecule has 0 spiro atoms. The van der Waals surface area contributed by atoms with E-state index in [1.807, 2.05) is 66.7 Å². The summed E-state index contributed by atoms with van der Waals surface area (Å²) in [6.45, 7) is 0.663. The quantitative estimate of drug-likeness (QED) is 0.382. The molecule has 0 atom stereocenters. The Balaban J connectivity index is 1.54. The standard InChI is InChI=1S/C25H16ClN3OS/c26-19-9-3-1-7-16(19)14-28-15-17(18-8-2-5-11-21(18)28)13-23-24(30)29-22-12-6-4-10-20(22)27-25(29)31-23/h1-13,15H,14H2/b23-13-. The van der Waals surface area contributed by atoms with Gasteiger partial charge in [0.15, 0.2) is 4.96 Å². The minimum absolute atomic E-state index is 0.0309. The molecule has 0 saturated carbocycles. The summed E-state index contributed by atoms with van der Waals surface area (Å²) in [6, 6.07) is 23.8. The van der Waals surface area contributed by atoms with Crippen LogP contribution in [-0.4, -0.2) is 14.0 Å². The predicted molar refractivity (Wildman–Crippen MR) is 128 cm³/mol. The van der Waals surface area contributed by atoms with Gasteiger partial charge in [0, 0.05) is 34.2 Å². The van der Waals surface area contributed by atoms with Gasteiger partial charge in [-0.1, -0.05) is 71.5 Å². The Morgan fingerprint density at radius 2 is 1.68 bits per heavy atom. The summed E-state index contributed by atoms with van der Waals surface area (Å²) in [6.07, 6.45) is 4.07. The average molecular weight is 442 g/mol. The molecule has 0 unspecified atom stereocenters. The molecule has 6 rings (SSSR count). The highest BCUT2D eigenvalue weighted by Crippen LogP contribution is 2.25. The molecule has 31 heavy (non-hydrogen) atoms. The minimum atomic E-state index is -0.0309. The summed E-state index contributed by atoms with van der Waals surface area (Å²) >= 11 is 7.81. The molecule has 6 aromatic rings. The number of nitrogens with zero attached hydrogens (tertiary/aromatic N) is 3. The highest BCUT2D eigenvalue weighted by Gasteiger charge is 2.12. The van der Waals surface area contributed by atoms with Gasteiger partial charge in [0.05, 0.1) is 15.6 Å². The fraction of sp³-hybridized carbons (Fsp3) is 0.0400. The molecule has 0 N–H and O–H groups in total. The third-order valence-corrected chi connectivity index (χ3v) is 6.89. The Morgan fingerprint density at radius 3 is 2.55 bits per heavy atom. The number of benzene rings is 3. The van der Waals surface area contributed by atoms with Gasteiger partial charge in [-0.25, -0.2) is 9.38 Å². The third-order valence-electron chi connectivity index (χ3n) is 5.55. The number of aromatic nitrogens is 3. The van der Waals surface area contributed by atoms with Gasteiger partial charge in [0.2, 0.25) is 0 Å². The molecular weight excluding hydrogens is 426 g/mol. The lowest BCUT2D eigenvalue weighted by molar-refractivity contribution is 0.836. The molecule has 0 aliphatic carbocycles. The Kier molecular flexibility index (Phi) is 4.19. The van der Waals surface area contributed by atoms with Crippen LogP contribution in [0.2, 0.25) is 5.02 Å². The zero-order chi connectivity index (χ0) is 20.9. The number of hydrogen-bond acceptors (Lipinski definition) is 3. The van der Waals surface area contributed by atoms with Gasteiger partial charge in [-0.2, -0.15) is 0 Å². The second-order valence-electron chi connectivity index (χ2n) is 7.46. The minimum Gasteiger partial charge on any atom is -0.342 e. The maximum Gasteiger partial charge on any atom is 0.274 e. The van der Waals surface area contributed by atoms with Crippen LogP contribution < -0.4 is 10.1 Å². The van der Waals surface area contributed by atoms with Crippen molar-refractivity contribution in [1.82, 2.24) is 14.0 Å². The molecule has 0 aliphatic rings. The molecule has 4 nitrogen and oxygen atoms in total. The normalized spacial score (nSPS) is 12.5. The summed E-state index contributed by atoms with van der Waals surface area (Å²) in [5.41, 5.74) is 4.83. The van der Waals surface area contributed by atoms with Crippen LogP contribution in [-0.2, 0) is 6.54 Å². The lowest BCUT2D eigenvalue weighted by Crippen LogP contribution is -2.22. The van der Waals surface area contributed by atoms with Gasteiger partial charge in [0.25, 0.3) is 5.56 Å². The first-order valence-electron chi connectivity index (χ1n) is 9.92. The summed E-state index contributed by atoms with van der Waals surface area (Å²) in [7, 11) is 0. The highest BCUT2D eigenvalue weighted by atomic mass is 35.5. The van der Waals surface area contributed by atoms with Crippen LogP contribution in [0.5, 0.6) is 0 Å². The van der Waals surface area contributed by atoms with Gasteiger partial charge in [-0.05, 0) is 35.9 Å². The van der Waals surface area contributed by atoms with E-state index in [1.165, 1.54) is 11.3 Å². The van der Waals surface area contributed by atoms with Gasteiger partial charge in [-0.15, -0.1) is 0 Å². The van der Waals surface area contributed by atoms with E-state index in [-0.39, 0.29) is 5.56 Å². The van der Waals surface area contributed by atoms with Crippen molar-refractivity contribution in [3.8, 4) is 0 Å². The van der Waals surface area contributed by atoms with Crippen molar-refractivity contribution in [1.29, 1.82) is 0 Å². The molecular formula is C25H16ClN3OS. The first kappa shape index (κ1) is 18.4. The monoisotopic (exact) mass is 441 g/mol. The number of para-hydroxylation sites is 3. The summed E-state index contributed by atoms with van der Waals surface area (Å²) in [5, 5.41) is 1.85. The molecule has 0 saturated heterocycles. The molecule has 3 aromatic heterocycles. The maximum atomic E-state index is 13.2. The van der Waals surface area contributed by atoms with E-state index in [1.54, 1.807) is 4.40 Å². The second kappa shape index (κ2) is 7.08. The fourth-order valence-electron chi connectivity index (χ4n) is 4.08. The van der Waals surface area contributed by atoms with Crippen molar-refractivity contribution in [2.75, 3.05) is 0 Å². The van der Waals surface area contributed by atoms with Crippen molar-refractivity contribution >= 4 is 55.9 Å². The number of hydrogen-bond donors (Lipinski definition) is 0. The fourth-order valence-corrected chi connectivity index (χ4v) is 5.26. The van der Waals surface area contributed by atoms with Crippen LogP contribution in [0, 0.1) is 0 Å². The van der Waals surface area contributed by atoms with Crippen LogP contribution in [0.4, 0.5) is 0 Å². The topological polar surface area (TPSA) is 39.3 Å². The molecule has 0 aliphatic heterocycles. The maximum absolute atomic E-state index is 13.2. The van der Waals surface area contributed by atoms with Crippen molar-refractivity contribution in [3.05, 3.63) is 110 Å². The Hall–Kier alpha value is -3.41. The first-order valence-corrected chi connectivity index (χ1v) is 11.1. The SMILES string of the molecule is O=c1/c(=C/c2cn(Cc3ccccc3Cl)c3ccccc23)sc2nc3ccccc3n12. The molecule has 0 radical (unpaired) electrons. The summed E-state index contributed by atoms with van der Waals surface area (Å²) < 4.78 is 4.56. The molecule has 0 bridgehead atoms. The van der Waals surface area contributed by atoms with E-state index in [0.29, 0.717) is 11.1 Å². The smallest absolute Gasteiger partial charge is 0.274 e. The number of fused-ring (bicyclic) bond motifs is 4. The lowest BCUT2D eigenvalue weighted by Gasteiger charge is -2.07. The molecule has 150 valence electrons. The summed E-state index contributed by atoms with van der Waals surface area (Å²) in [4.78, 5) is 18.5. The Morgan fingerprint density at radius 1 is 0.935 bits per heavy atom. The van der Waals surface area contributed by atoms with Crippen molar-refractivity contribution in [3.63, 3.8) is 0 Å². The highest BCUT2D eigenvalue weighted by molar-refractivity contribution is 7.15. The van der Waals surface area contributed by atoms with E-state index < -0.39 is 0 Å². The van der Waals surface area contributed by atoms with Gasteiger partial charge >= 0.3 is 0 Å². The number of imidazole rings is 1. The van der Waals surface area contributed by atoms with E-state index >= 15 is 0 Å². The van der Waals surface area contributed by atoms with Crippen LogP contribution >= 0.6 is 22.9 Å². The predicted octanol–water partition coefficient (Wildman–Crippen LogP) is 5.11. The zero-order valence-corrected chi connectivity index (χ0v) is 17.9.